The molecule has 1 unspecified atom stereocenters. The Morgan fingerprint density at radius 1 is 1.44 bits per heavy atom. The first kappa shape index (κ1) is 12.3. The number of halogens is 1. The number of aliphatic hydroxyl groups is 1. The Balaban J connectivity index is 3.22. The largest absolute Gasteiger partial charge is 0.479 e. The molecule has 86 valence electrons. The maximum atomic E-state index is 13.4. The van der Waals surface area contributed by atoms with E-state index in [0.29, 0.717) is 0 Å². The Bertz CT molecular complexity index is 428. The van der Waals surface area contributed by atoms with Gasteiger partial charge in [-0.25, -0.2) is 9.18 Å². The van der Waals surface area contributed by atoms with Crippen molar-refractivity contribution in [2.24, 2.45) is 0 Å². The Morgan fingerprint density at radius 3 is 2.56 bits per heavy atom. The molecular weight excluding hydrogens is 215 g/mol. The van der Waals surface area contributed by atoms with Crippen LogP contribution in [0.4, 0.5) is 4.39 Å². The van der Waals surface area contributed by atoms with Gasteiger partial charge in [0.05, 0.1) is 0 Å². The van der Waals surface area contributed by atoms with Gasteiger partial charge in [0, 0.05) is 12.0 Å². The minimum absolute atomic E-state index is 0.0649. The predicted octanol–water partition coefficient (Wildman–Crippen LogP) is 1.08. The van der Waals surface area contributed by atoms with Crippen LogP contribution >= 0.6 is 0 Å². The van der Waals surface area contributed by atoms with E-state index >= 15 is 0 Å². The third-order valence-electron chi connectivity index (χ3n) is 2.11. The van der Waals surface area contributed by atoms with E-state index in [4.69, 9.17) is 5.11 Å². The van der Waals surface area contributed by atoms with Crippen molar-refractivity contribution in [2.75, 3.05) is 0 Å². The van der Waals surface area contributed by atoms with Gasteiger partial charge >= 0.3 is 5.97 Å². The standard InChI is InChI=1S/C11H11FO4/c1-6(13)5-8-7(10(14)11(15)16)3-2-4-9(8)12/h2-4,10,14H,5H2,1H3,(H,15,16). The van der Waals surface area contributed by atoms with E-state index in [0.717, 1.165) is 6.07 Å². The first-order valence-corrected chi connectivity index (χ1v) is 4.61. The fraction of sp³-hybridized carbons (Fsp3) is 0.273. The third-order valence-corrected chi connectivity index (χ3v) is 2.11. The SMILES string of the molecule is CC(=O)Cc1c(F)cccc1C(O)C(=O)O. The summed E-state index contributed by atoms with van der Waals surface area (Å²) in [6, 6.07) is 3.71. The van der Waals surface area contributed by atoms with Crippen LogP contribution in [0.25, 0.3) is 0 Å². The molecule has 5 heteroatoms. The molecule has 0 aromatic heterocycles. The van der Waals surface area contributed by atoms with Gasteiger partial charge in [0.15, 0.2) is 6.10 Å². The highest BCUT2D eigenvalue weighted by Gasteiger charge is 2.21. The first-order chi connectivity index (χ1) is 7.43. The molecular formula is C11H11FO4. The Morgan fingerprint density at radius 2 is 2.06 bits per heavy atom. The zero-order chi connectivity index (χ0) is 12.3. The Hall–Kier alpha value is -1.75. The molecule has 0 aliphatic rings. The normalized spacial score (nSPS) is 12.2. The molecule has 0 aliphatic heterocycles. The number of ketones is 1. The van der Waals surface area contributed by atoms with E-state index < -0.39 is 17.9 Å². The molecule has 4 nitrogen and oxygen atoms in total. The molecule has 0 saturated heterocycles. The smallest absolute Gasteiger partial charge is 0.337 e. The van der Waals surface area contributed by atoms with Crippen LogP contribution in [0.1, 0.15) is 24.2 Å². The summed E-state index contributed by atoms with van der Waals surface area (Å²) in [4.78, 5) is 21.5. The van der Waals surface area contributed by atoms with Gasteiger partial charge < -0.3 is 10.2 Å². The minimum Gasteiger partial charge on any atom is -0.479 e. The third kappa shape index (κ3) is 2.64. The molecule has 0 fully saturated rings. The molecule has 2 N–H and O–H groups in total. The number of carboxylic acid groups (broad SMARTS) is 1. The summed E-state index contributed by atoms with van der Waals surface area (Å²) in [5.74, 6) is -2.47. The lowest BCUT2D eigenvalue weighted by Gasteiger charge is -2.11. The van der Waals surface area contributed by atoms with E-state index in [-0.39, 0.29) is 23.3 Å². The number of benzene rings is 1. The number of hydrogen-bond donors (Lipinski definition) is 2. The second-order valence-corrected chi connectivity index (χ2v) is 3.43. The van der Waals surface area contributed by atoms with Crippen molar-refractivity contribution in [3.8, 4) is 0 Å². The van der Waals surface area contributed by atoms with Gasteiger partial charge in [-0.05, 0) is 18.6 Å². The zero-order valence-corrected chi connectivity index (χ0v) is 8.61. The van der Waals surface area contributed by atoms with E-state index in [2.05, 4.69) is 0 Å². The van der Waals surface area contributed by atoms with Crippen LogP contribution in [0, 0.1) is 5.82 Å². The summed E-state index contributed by atoms with van der Waals surface area (Å²) in [5.41, 5.74) is -0.146. The summed E-state index contributed by atoms with van der Waals surface area (Å²) in [6.45, 7) is 1.27. The van der Waals surface area contributed by atoms with Gasteiger partial charge in [-0.3, -0.25) is 4.79 Å². The van der Waals surface area contributed by atoms with Crippen molar-refractivity contribution in [3.63, 3.8) is 0 Å². The lowest BCUT2D eigenvalue weighted by molar-refractivity contribution is -0.147. The predicted molar refractivity (Wildman–Crippen MR) is 53.4 cm³/mol. The Kier molecular flexibility index (Phi) is 3.73. The molecule has 0 radical (unpaired) electrons. The number of aliphatic carboxylic acids is 1. The molecule has 1 aromatic carbocycles. The average molecular weight is 226 g/mol. The highest BCUT2D eigenvalue weighted by Crippen LogP contribution is 2.21. The van der Waals surface area contributed by atoms with Gasteiger partial charge in [-0.1, -0.05) is 12.1 Å². The van der Waals surface area contributed by atoms with Gasteiger partial charge in [0.2, 0.25) is 0 Å². The van der Waals surface area contributed by atoms with Crippen molar-refractivity contribution in [2.45, 2.75) is 19.4 Å². The van der Waals surface area contributed by atoms with Crippen LogP contribution in [0.5, 0.6) is 0 Å². The van der Waals surface area contributed by atoms with Crippen LogP contribution in [-0.4, -0.2) is 22.0 Å². The van der Waals surface area contributed by atoms with Crippen molar-refractivity contribution in [3.05, 3.63) is 35.1 Å². The molecule has 16 heavy (non-hydrogen) atoms. The molecule has 1 rings (SSSR count). The number of carboxylic acids is 1. The maximum absolute atomic E-state index is 13.4. The summed E-state index contributed by atoms with van der Waals surface area (Å²) in [7, 11) is 0. The van der Waals surface area contributed by atoms with Gasteiger partial charge in [-0.2, -0.15) is 0 Å². The molecule has 1 atom stereocenters. The summed E-state index contributed by atoms with van der Waals surface area (Å²) in [6.07, 6.45) is -2.04. The quantitative estimate of drug-likeness (QED) is 0.805. The number of carbonyl (C=O) groups excluding carboxylic acids is 1. The number of Topliss-reactive ketones (excluding diaryl/α,β-unsaturated/α-hetero) is 1. The van der Waals surface area contributed by atoms with Gasteiger partial charge in [-0.15, -0.1) is 0 Å². The van der Waals surface area contributed by atoms with Crippen LogP contribution in [0.3, 0.4) is 0 Å². The molecule has 0 spiro atoms. The number of rotatable bonds is 4. The molecule has 0 heterocycles. The summed E-state index contributed by atoms with van der Waals surface area (Å²) >= 11 is 0. The van der Waals surface area contributed by atoms with Crippen molar-refractivity contribution < 1.29 is 24.2 Å². The van der Waals surface area contributed by atoms with E-state index in [1.807, 2.05) is 0 Å². The highest BCUT2D eigenvalue weighted by molar-refractivity contribution is 5.80. The first-order valence-electron chi connectivity index (χ1n) is 4.61. The monoisotopic (exact) mass is 226 g/mol. The molecule has 0 bridgehead atoms. The molecule has 0 saturated carbocycles. The van der Waals surface area contributed by atoms with Gasteiger partial charge in [0.25, 0.3) is 0 Å². The Labute approximate surface area is 91.3 Å². The van der Waals surface area contributed by atoms with Crippen LogP contribution in [0.15, 0.2) is 18.2 Å². The van der Waals surface area contributed by atoms with E-state index in [9.17, 15) is 19.1 Å². The second kappa shape index (κ2) is 4.85. The lowest BCUT2D eigenvalue weighted by atomic mass is 9.98. The van der Waals surface area contributed by atoms with E-state index in [1.54, 1.807) is 0 Å². The zero-order valence-electron chi connectivity index (χ0n) is 8.61. The molecule has 1 aromatic rings. The number of aliphatic hydroxyl groups excluding tert-OH is 1. The van der Waals surface area contributed by atoms with Crippen LogP contribution in [-0.2, 0) is 16.0 Å². The summed E-state index contributed by atoms with van der Waals surface area (Å²) in [5, 5.41) is 18.0. The van der Waals surface area contributed by atoms with E-state index in [1.165, 1.54) is 19.1 Å². The van der Waals surface area contributed by atoms with Crippen molar-refractivity contribution in [1.29, 1.82) is 0 Å². The highest BCUT2D eigenvalue weighted by atomic mass is 19.1. The van der Waals surface area contributed by atoms with Crippen LogP contribution in [0.2, 0.25) is 0 Å². The van der Waals surface area contributed by atoms with Crippen LogP contribution < -0.4 is 0 Å². The molecule has 0 aliphatic carbocycles. The second-order valence-electron chi connectivity index (χ2n) is 3.43. The fourth-order valence-corrected chi connectivity index (χ4v) is 1.40. The average Bonchev–Trinajstić information content (AvgIpc) is 2.19. The maximum Gasteiger partial charge on any atom is 0.337 e. The summed E-state index contributed by atoms with van der Waals surface area (Å²) < 4.78 is 13.4. The van der Waals surface area contributed by atoms with Crippen molar-refractivity contribution in [1.82, 2.24) is 0 Å². The van der Waals surface area contributed by atoms with Crippen molar-refractivity contribution >= 4 is 11.8 Å². The lowest BCUT2D eigenvalue weighted by Crippen LogP contribution is -2.15. The molecule has 0 amide bonds. The minimum atomic E-state index is -1.81. The number of hydrogen-bond acceptors (Lipinski definition) is 3. The fourth-order valence-electron chi connectivity index (χ4n) is 1.40. The van der Waals surface area contributed by atoms with Gasteiger partial charge in [0.1, 0.15) is 11.6 Å². The topological polar surface area (TPSA) is 74.6 Å². The number of carbonyl (C=O) groups is 2.